The molecule has 2 fully saturated rings. The lowest BCUT2D eigenvalue weighted by Gasteiger charge is -2.42. The monoisotopic (exact) mass is 168 g/mol. The van der Waals surface area contributed by atoms with Crippen LogP contribution in [0.5, 0.6) is 0 Å². The van der Waals surface area contributed by atoms with Crippen LogP contribution < -0.4 is 10.6 Å². The Morgan fingerprint density at radius 3 is 2.75 bits per heavy atom. The zero-order valence-corrected chi connectivity index (χ0v) is 8.14. The Balaban J connectivity index is 1.94. The number of rotatable bonds is 0. The van der Waals surface area contributed by atoms with Crippen LogP contribution in [0.2, 0.25) is 0 Å². The SMILES string of the molecule is CC1CCC2NC(C)CNC2C1. The van der Waals surface area contributed by atoms with Gasteiger partial charge in [-0.2, -0.15) is 0 Å². The minimum absolute atomic E-state index is 0.666. The predicted molar refractivity (Wildman–Crippen MR) is 51.2 cm³/mol. The summed E-state index contributed by atoms with van der Waals surface area (Å²) < 4.78 is 0. The molecule has 1 aliphatic carbocycles. The molecule has 0 amide bonds. The topological polar surface area (TPSA) is 24.1 Å². The average molecular weight is 168 g/mol. The van der Waals surface area contributed by atoms with Crippen LogP contribution in [-0.2, 0) is 0 Å². The van der Waals surface area contributed by atoms with Gasteiger partial charge in [-0.25, -0.2) is 0 Å². The van der Waals surface area contributed by atoms with E-state index >= 15 is 0 Å². The fourth-order valence-corrected chi connectivity index (χ4v) is 2.56. The molecule has 12 heavy (non-hydrogen) atoms. The number of fused-ring (bicyclic) bond motifs is 1. The van der Waals surface area contributed by atoms with E-state index in [4.69, 9.17) is 0 Å². The number of piperazine rings is 1. The summed E-state index contributed by atoms with van der Waals surface area (Å²) in [5.41, 5.74) is 0. The average Bonchev–Trinajstić information content (AvgIpc) is 2.05. The highest BCUT2D eigenvalue weighted by atomic mass is 15.1. The van der Waals surface area contributed by atoms with Crippen molar-refractivity contribution in [3.8, 4) is 0 Å². The standard InChI is InChI=1S/C10H20N2/c1-7-3-4-9-10(5-7)11-6-8(2)12-9/h7-12H,3-6H2,1-2H3. The van der Waals surface area contributed by atoms with Crippen molar-refractivity contribution < 1.29 is 0 Å². The Kier molecular flexibility index (Phi) is 2.37. The summed E-state index contributed by atoms with van der Waals surface area (Å²) in [7, 11) is 0. The molecule has 0 aromatic rings. The first kappa shape index (κ1) is 8.52. The minimum Gasteiger partial charge on any atom is -0.311 e. The second-order valence-corrected chi connectivity index (χ2v) is 4.61. The van der Waals surface area contributed by atoms with Gasteiger partial charge in [-0.05, 0) is 32.1 Å². The zero-order valence-electron chi connectivity index (χ0n) is 8.14. The van der Waals surface area contributed by atoms with Crippen LogP contribution in [0.4, 0.5) is 0 Å². The van der Waals surface area contributed by atoms with Crippen LogP contribution in [0.3, 0.4) is 0 Å². The summed E-state index contributed by atoms with van der Waals surface area (Å²) in [6, 6.07) is 2.18. The molecule has 2 heteroatoms. The molecule has 4 atom stereocenters. The maximum Gasteiger partial charge on any atom is 0.0224 e. The Hall–Kier alpha value is -0.0800. The molecule has 2 aliphatic rings. The summed E-state index contributed by atoms with van der Waals surface area (Å²) in [6.45, 7) is 5.78. The molecule has 2 N–H and O–H groups in total. The van der Waals surface area contributed by atoms with Gasteiger partial charge in [-0.1, -0.05) is 6.92 Å². The second-order valence-electron chi connectivity index (χ2n) is 4.61. The molecular formula is C10H20N2. The first-order valence-electron chi connectivity index (χ1n) is 5.25. The van der Waals surface area contributed by atoms with Crippen molar-refractivity contribution in [2.75, 3.05) is 6.54 Å². The third-order valence-electron chi connectivity index (χ3n) is 3.30. The Morgan fingerprint density at radius 2 is 1.92 bits per heavy atom. The van der Waals surface area contributed by atoms with E-state index in [9.17, 15) is 0 Å². The lowest BCUT2D eigenvalue weighted by molar-refractivity contribution is 0.186. The largest absolute Gasteiger partial charge is 0.311 e. The van der Waals surface area contributed by atoms with Crippen molar-refractivity contribution in [2.45, 2.75) is 51.2 Å². The van der Waals surface area contributed by atoms with E-state index in [1.165, 1.54) is 19.3 Å². The van der Waals surface area contributed by atoms with Gasteiger partial charge >= 0.3 is 0 Å². The summed E-state index contributed by atoms with van der Waals surface area (Å²) in [5, 5.41) is 7.32. The fourth-order valence-electron chi connectivity index (χ4n) is 2.56. The van der Waals surface area contributed by atoms with E-state index in [1.807, 2.05) is 0 Å². The van der Waals surface area contributed by atoms with Crippen molar-refractivity contribution in [1.29, 1.82) is 0 Å². The maximum atomic E-state index is 3.68. The van der Waals surface area contributed by atoms with E-state index in [0.29, 0.717) is 6.04 Å². The summed E-state index contributed by atoms with van der Waals surface area (Å²) in [5.74, 6) is 0.925. The third-order valence-corrected chi connectivity index (χ3v) is 3.30. The Morgan fingerprint density at radius 1 is 1.08 bits per heavy atom. The molecule has 1 heterocycles. The van der Waals surface area contributed by atoms with E-state index in [0.717, 1.165) is 24.5 Å². The molecule has 2 nitrogen and oxygen atoms in total. The van der Waals surface area contributed by atoms with Gasteiger partial charge in [0, 0.05) is 24.7 Å². The summed E-state index contributed by atoms with van der Waals surface area (Å²) in [6.07, 6.45) is 4.14. The van der Waals surface area contributed by atoms with Gasteiger partial charge in [0.05, 0.1) is 0 Å². The quantitative estimate of drug-likeness (QED) is 0.566. The number of hydrogen-bond donors (Lipinski definition) is 2. The number of hydrogen-bond acceptors (Lipinski definition) is 2. The zero-order chi connectivity index (χ0) is 8.55. The molecule has 1 saturated carbocycles. The van der Waals surface area contributed by atoms with Gasteiger partial charge in [0.2, 0.25) is 0 Å². The molecule has 70 valence electrons. The van der Waals surface area contributed by atoms with Gasteiger partial charge in [0.1, 0.15) is 0 Å². The molecule has 0 aromatic heterocycles. The lowest BCUT2D eigenvalue weighted by atomic mass is 9.82. The van der Waals surface area contributed by atoms with Crippen LogP contribution in [-0.4, -0.2) is 24.7 Å². The molecule has 0 radical (unpaired) electrons. The van der Waals surface area contributed by atoms with E-state index < -0.39 is 0 Å². The highest BCUT2D eigenvalue weighted by molar-refractivity contribution is 4.94. The van der Waals surface area contributed by atoms with Crippen molar-refractivity contribution in [2.24, 2.45) is 5.92 Å². The smallest absolute Gasteiger partial charge is 0.0224 e. The van der Waals surface area contributed by atoms with Gasteiger partial charge in [-0.15, -0.1) is 0 Å². The first-order valence-corrected chi connectivity index (χ1v) is 5.25. The van der Waals surface area contributed by atoms with Gasteiger partial charge in [0.25, 0.3) is 0 Å². The Bertz CT molecular complexity index is 140. The molecule has 2 rings (SSSR count). The minimum atomic E-state index is 0.666. The van der Waals surface area contributed by atoms with Gasteiger partial charge in [0.15, 0.2) is 0 Å². The normalized spacial score (nSPS) is 48.5. The van der Waals surface area contributed by atoms with Crippen LogP contribution in [0.15, 0.2) is 0 Å². The van der Waals surface area contributed by atoms with Crippen LogP contribution in [0.25, 0.3) is 0 Å². The molecule has 0 aromatic carbocycles. The summed E-state index contributed by atoms with van der Waals surface area (Å²) in [4.78, 5) is 0. The molecule has 1 saturated heterocycles. The summed E-state index contributed by atoms with van der Waals surface area (Å²) >= 11 is 0. The van der Waals surface area contributed by atoms with Crippen LogP contribution in [0.1, 0.15) is 33.1 Å². The maximum absolute atomic E-state index is 3.68. The Labute approximate surface area is 75.1 Å². The third kappa shape index (κ3) is 1.64. The van der Waals surface area contributed by atoms with Crippen molar-refractivity contribution in [3.63, 3.8) is 0 Å². The van der Waals surface area contributed by atoms with Crippen molar-refractivity contribution in [3.05, 3.63) is 0 Å². The van der Waals surface area contributed by atoms with Crippen LogP contribution in [0, 0.1) is 5.92 Å². The van der Waals surface area contributed by atoms with Gasteiger partial charge in [-0.3, -0.25) is 0 Å². The van der Waals surface area contributed by atoms with E-state index in [1.54, 1.807) is 0 Å². The predicted octanol–water partition coefficient (Wildman–Crippen LogP) is 1.12. The second kappa shape index (κ2) is 3.35. The lowest BCUT2D eigenvalue weighted by Crippen LogP contribution is -2.61. The number of nitrogens with one attached hydrogen (secondary N) is 2. The molecular weight excluding hydrogens is 148 g/mol. The van der Waals surface area contributed by atoms with Crippen molar-refractivity contribution in [1.82, 2.24) is 10.6 Å². The molecule has 0 spiro atoms. The fraction of sp³-hybridized carbons (Fsp3) is 1.00. The van der Waals surface area contributed by atoms with E-state index in [2.05, 4.69) is 24.5 Å². The highest BCUT2D eigenvalue weighted by Crippen LogP contribution is 2.25. The molecule has 0 bridgehead atoms. The van der Waals surface area contributed by atoms with E-state index in [-0.39, 0.29) is 0 Å². The molecule has 4 unspecified atom stereocenters. The van der Waals surface area contributed by atoms with Gasteiger partial charge < -0.3 is 10.6 Å². The highest BCUT2D eigenvalue weighted by Gasteiger charge is 2.31. The first-order chi connectivity index (χ1) is 5.75. The molecule has 1 aliphatic heterocycles. The van der Waals surface area contributed by atoms with Crippen molar-refractivity contribution >= 4 is 0 Å². The van der Waals surface area contributed by atoms with Crippen LogP contribution >= 0.6 is 0 Å².